The van der Waals surface area contributed by atoms with Crippen LogP contribution in [0.4, 0.5) is 8.78 Å². The Balaban J connectivity index is 2.00. The lowest BCUT2D eigenvalue weighted by Crippen LogP contribution is -2.38. The number of halogens is 3. The summed E-state index contributed by atoms with van der Waals surface area (Å²) in [6.07, 6.45) is 0.379. The van der Waals surface area contributed by atoms with Gasteiger partial charge in [0.1, 0.15) is 11.6 Å². The molecule has 1 unspecified atom stereocenters. The van der Waals surface area contributed by atoms with Gasteiger partial charge in [0.25, 0.3) is 0 Å². The van der Waals surface area contributed by atoms with Crippen molar-refractivity contribution < 1.29 is 8.78 Å². The van der Waals surface area contributed by atoms with Gasteiger partial charge in [0.05, 0.1) is 0 Å². The average molecular weight is 329 g/mol. The monoisotopic (exact) mass is 328 g/mol. The van der Waals surface area contributed by atoms with Crippen molar-refractivity contribution in [2.75, 3.05) is 5.75 Å². The van der Waals surface area contributed by atoms with Gasteiger partial charge in [-0.1, -0.05) is 23.7 Å². The Morgan fingerprint density at radius 2 is 1.90 bits per heavy atom. The van der Waals surface area contributed by atoms with E-state index in [1.54, 1.807) is 24.3 Å². The van der Waals surface area contributed by atoms with Gasteiger partial charge in [-0.05, 0) is 42.3 Å². The molecule has 3 N–H and O–H groups in total. The smallest absolute Gasteiger partial charge is 0.136 e. The summed E-state index contributed by atoms with van der Waals surface area (Å²) in [5, 5.41) is 0.476. The molecule has 0 aliphatic rings. The van der Waals surface area contributed by atoms with Crippen molar-refractivity contribution in [2.45, 2.75) is 17.4 Å². The first-order valence-electron chi connectivity index (χ1n) is 6.37. The molecule has 0 heterocycles. The van der Waals surface area contributed by atoms with Crippen LogP contribution in [-0.2, 0) is 6.42 Å². The van der Waals surface area contributed by atoms with Crippen molar-refractivity contribution in [1.82, 2.24) is 5.43 Å². The normalized spacial score (nSPS) is 12.4. The summed E-state index contributed by atoms with van der Waals surface area (Å²) in [4.78, 5) is 0.546. The van der Waals surface area contributed by atoms with E-state index in [4.69, 9.17) is 17.4 Å². The molecule has 21 heavy (non-hydrogen) atoms. The molecule has 2 aromatic rings. The van der Waals surface area contributed by atoms with Crippen molar-refractivity contribution in [3.05, 3.63) is 64.7 Å². The van der Waals surface area contributed by atoms with Crippen LogP contribution < -0.4 is 11.3 Å². The van der Waals surface area contributed by atoms with Crippen molar-refractivity contribution in [1.29, 1.82) is 0 Å². The van der Waals surface area contributed by atoms with E-state index >= 15 is 0 Å². The number of hydrogen-bond acceptors (Lipinski definition) is 3. The quantitative estimate of drug-likeness (QED) is 0.481. The first kappa shape index (κ1) is 16.2. The van der Waals surface area contributed by atoms with Crippen LogP contribution in [0.2, 0.25) is 5.02 Å². The third-order valence-corrected chi connectivity index (χ3v) is 4.43. The minimum absolute atomic E-state index is 0.192. The third-order valence-electron chi connectivity index (χ3n) is 2.99. The van der Waals surface area contributed by atoms with E-state index < -0.39 is 0 Å². The van der Waals surface area contributed by atoms with Crippen molar-refractivity contribution in [3.8, 4) is 0 Å². The summed E-state index contributed by atoms with van der Waals surface area (Å²) in [6.45, 7) is 0. The molecule has 2 nitrogen and oxygen atoms in total. The molecule has 0 saturated heterocycles. The lowest BCUT2D eigenvalue weighted by molar-refractivity contribution is 0.546. The summed E-state index contributed by atoms with van der Waals surface area (Å²) in [7, 11) is 0. The molecule has 2 aromatic carbocycles. The van der Waals surface area contributed by atoms with Gasteiger partial charge in [-0.25, -0.2) is 8.78 Å². The minimum Gasteiger partial charge on any atom is -0.271 e. The lowest BCUT2D eigenvalue weighted by Gasteiger charge is -2.16. The van der Waals surface area contributed by atoms with E-state index in [1.165, 1.54) is 30.0 Å². The summed E-state index contributed by atoms with van der Waals surface area (Å²) in [5.41, 5.74) is 3.12. The predicted molar refractivity (Wildman–Crippen MR) is 83.3 cm³/mol. The van der Waals surface area contributed by atoms with Crippen LogP contribution >= 0.6 is 23.4 Å². The third kappa shape index (κ3) is 4.68. The number of hydrazine groups is 1. The standard InChI is InChI=1S/C15H15ClF2N2S/c16-11-5-6-13(17)10(7-11)8-12(20-19)9-21-15-4-2-1-3-14(15)18/h1-7,12,20H,8-9,19H2. The number of hydrogen-bond donors (Lipinski definition) is 2. The highest BCUT2D eigenvalue weighted by molar-refractivity contribution is 7.99. The van der Waals surface area contributed by atoms with Crippen LogP contribution in [0.25, 0.3) is 0 Å². The van der Waals surface area contributed by atoms with Gasteiger partial charge < -0.3 is 0 Å². The molecule has 0 saturated carbocycles. The van der Waals surface area contributed by atoms with Crippen molar-refractivity contribution >= 4 is 23.4 Å². The Labute approximate surface area is 131 Å². The Kier molecular flexibility index (Phi) is 5.99. The Morgan fingerprint density at radius 3 is 2.62 bits per heavy atom. The molecule has 0 amide bonds. The maximum absolute atomic E-state index is 13.7. The molecule has 0 spiro atoms. The highest BCUT2D eigenvalue weighted by Crippen LogP contribution is 2.23. The van der Waals surface area contributed by atoms with Gasteiger partial charge >= 0.3 is 0 Å². The molecule has 0 fully saturated rings. The van der Waals surface area contributed by atoms with Gasteiger partial charge in [-0.3, -0.25) is 11.3 Å². The minimum atomic E-state index is -0.324. The number of nitrogens with one attached hydrogen (secondary N) is 1. The van der Waals surface area contributed by atoms with Crippen molar-refractivity contribution in [3.63, 3.8) is 0 Å². The maximum atomic E-state index is 13.7. The molecule has 0 radical (unpaired) electrons. The molecule has 6 heteroatoms. The highest BCUT2D eigenvalue weighted by Gasteiger charge is 2.13. The summed E-state index contributed by atoms with van der Waals surface area (Å²) in [6, 6.07) is 10.7. The molecule has 0 bridgehead atoms. The van der Waals surface area contributed by atoms with E-state index in [0.717, 1.165) is 0 Å². The zero-order valence-electron chi connectivity index (χ0n) is 11.2. The van der Waals surface area contributed by atoms with Gasteiger partial charge in [-0.15, -0.1) is 11.8 Å². The molecular weight excluding hydrogens is 314 g/mol. The Hall–Kier alpha value is -1.14. The number of nitrogens with two attached hydrogens (primary N) is 1. The van der Waals surface area contributed by atoms with E-state index in [-0.39, 0.29) is 17.7 Å². The zero-order valence-corrected chi connectivity index (χ0v) is 12.7. The van der Waals surface area contributed by atoms with Crippen molar-refractivity contribution in [2.24, 2.45) is 5.84 Å². The molecular formula is C15H15ClF2N2S. The molecule has 0 aromatic heterocycles. The van der Waals surface area contributed by atoms with Crippen LogP contribution in [0.15, 0.2) is 47.4 Å². The fourth-order valence-electron chi connectivity index (χ4n) is 1.88. The zero-order chi connectivity index (χ0) is 15.2. The molecule has 0 aliphatic heterocycles. The van der Waals surface area contributed by atoms with Crippen LogP contribution in [-0.4, -0.2) is 11.8 Å². The van der Waals surface area contributed by atoms with Gasteiger partial charge in [-0.2, -0.15) is 0 Å². The maximum Gasteiger partial charge on any atom is 0.136 e. The van der Waals surface area contributed by atoms with Crippen LogP contribution in [0.1, 0.15) is 5.56 Å². The molecule has 2 rings (SSSR count). The molecule has 112 valence electrons. The summed E-state index contributed by atoms with van der Waals surface area (Å²) < 4.78 is 27.2. The largest absolute Gasteiger partial charge is 0.271 e. The Bertz CT molecular complexity index is 610. The van der Waals surface area contributed by atoms with E-state index in [1.807, 2.05) is 0 Å². The lowest BCUT2D eigenvalue weighted by atomic mass is 10.1. The topological polar surface area (TPSA) is 38.0 Å². The van der Waals surface area contributed by atoms with Crippen LogP contribution in [0, 0.1) is 11.6 Å². The van der Waals surface area contributed by atoms with E-state index in [0.29, 0.717) is 27.7 Å². The summed E-state index contributed by atoms with van der Waals surface area (Å²) in [5.74, 6) is 5.42. The SMILES string of the molecule is NNC(CSc1ccccc1F)Cc1cc(Cl)ccc1F. The number of thioether (sulfide) groups is 1. The first-order valence-corrected chi connectivity index (χ1v) is 7.74. The van der Waals surface area contributed by atoms with Crippen LogP contribution in [0.3, 0.4) is 0 Å². The van der Waals surface area contributed by atoms with Gasteiger partial charge in [0.15, 0.2) is 0 Å². The average Bonchev–Trinajstić information content (AvgIpc) is 2.48. The predicted octanol–water partition coefficient (Wildman–Crippen LogP) is 3.78. The number of rotatable bonds is 6. The second-order valence-corrected chi connectivity index (χ2v) is 6.04. The Morgan fingerprint density at radius 1 is 1.14 bits per heavy atom. The van der Waals surface area contributed by atoms with Gasteiger partial charge in [0.2, 0.25) is 0 Å². The number of benzene rings is 2. The van der Waals surface area contributed by atoms with E-state index in [2.05, 4.69) is 5.43 Å². The van der Waals surface area contributed by atoms with Crippen LogP contribution in [0.5, 0.6) is 0 Å². The van der Waals surface area contributed by atoms with Gasteiger partial charge in [0, 0.05) is 21.7 Å². The molecule has 0 aliphatic carbocycles. The fourth-order valence-corrected chi connectivity index (χ4v) is 3.05. The highest BCUT2D eigenvalue weighted by atomic mass is 35.5. The van der Waals surface area contributed by atoms with E-state index in [9.17, 15) is 8.78 Å². The first-order chi connectivity index (χ1) is 10.1. The molecule has 1 atom stereocenters. The second kappa shape index (κ2) is 7.75. The second-order valence-electron chi connectivity index (χ2n) is 4.54. The fraction of sp³-hybridized carbons (Fsp3) is 0.200. The summed E-state index contributed by atoms with van der Waals surface area (Å²) >= 11 is 7.20.